The maximum Gasteiger partial charge on any atom is 0.288 e. The number of nitrogens with one attached hydrogen (secondary N) is 1. The molecule has 0 radical (unpaired) electrons. The molecule has 6 heteroatoms. The van der Waals surface area contributed by atoms with Crippen molar-refractivity contribution in [2.24, 2.45) is 0 Å². The van der Waals surface area contributed by atoms with Crippen LogP contribution in [0.2, 0.25) is 0 Å². The summed E-state index contributed by atoms with van der Waals surface area (Å²) < 4.78 is 5.75. The molecule has 1 fully saturated rings. The molecule has 0 aliphatic carbocycles. The van der Waals surface area contributed by atoms with Gasteiger partial charge in [-0.25, -0.2) is 4.98 Å². The first kappa shape index (κ1) is 11.8. The van der Waals surface area contributed by atoms with Gasteiger partial charge in [0.05, 0.1) is 4.92 Å². The van der Waals surface area contributed by atoms with Crippen molar-refractivity contribution in [3.63, 3.8) is 0 Å². The van der Waals surface area contributed by atoms with Gasteiger partial charge >= 0.3 is 0 Å². The van der Waals surface area contributed by atoms with Crippen LogP contribution in [0.4, 0.5) is 5.69 Å². The van der Waals surface area contributed by atoms with E-state index in [9.17, 15) is 10.1 Å². The summed E-state index contributed by atoms with van der Waals surface area (Å²) in [5.74, 6) is 0.502. The van der Waals surface area contributed by atoms with Crippen LogP contribution in [-0.4, -0.2) is 29.1 Å². The molecule has 2 heterocycles. The van der Waals surface area contributed by atoms with Crippen molar-refractivity contribution in [1.29, 1.82) is 0 Å². The van der Waals surface area contributed by atoms with E-state index < -0.39 is 4.92 Å². The van der Waals surface area contributed by atoms with Gasteiger partial charge in [0.2, 0.25) is 5.88 Å². The average Bonchev–Trinajstić information content (AvgIpc) is 2.33. The normalized spacial score (nSPS) is 16.8. The van der Waals surface area contributed by atoms with E-state index in [4.69, 9.17) is 4.74 Å². The Morgan fingerprint density at radius 3 is 2.82 bits per heavy atom. The second-order valence-electron chi connectivity index (χ2n) is 4.14. The lowest BCUT2D eigenvalue weighted by atomic mass is 10.1. The molecule has 2 rings (SSSR count). The Labute approximate surface area is 99.2 Å². The molecule has 92 valence electrons. The van der Waals surface area contributed by atoms with Gasteiger partial charge in [-0.3, -0.25) is 10.1 Å². The number of aryl methyl sites for hydroxylation is 1. The lowest BCUT2D eigenvalue weighted by molar-refractivity contribution is -0.385. The van der Waals surface area contributed by atoms with Gasteiger partial charge in [-0.2, -0.15) is 0 Å². The van der Waals surface area contributed by atoms with Crippen LogP contribution in [0.3, 0.4) is 0 Å². The second kappa shape index (κ2) is 5.09. The van der Waals surface area contributed by atoms with Gasteiger partial charge < -0.3 is 10.1 Å². The molecule has 17 heavy (non-hydrogen) atoms. The van der Waals surface area contributed by atoms with E-state index in [0.717, 1.165) is 25.9 Å². The van der Waals surface area contributed by atoms with Crippen LogP contribution in [0.25, 0.3) is 0 Å². The summed E-state index contributed by atoms with van der Waals surface area (Å²) in [6.07, 6.45) is 3.28. The summed E-state index contributed by atoms with van der Waals surface area (Å²) in [4.78, 5) is 14.1. The van der Waals surface area contributed by atoms with Crippen molar-refractivity contribution >= 4 is 5.69 Å². The van der Waals surface area contributed by atoms with Crippen molar-refractivity contribution in [3.05, 3.63) is 27.9 Å². The second-order valence-corrected chi connectivity index (χ2v) is 4.14. The zero-order valence-electron chi connectivity index (χ0n) is 9.68. The van der Waals surface area contributed by atoms with E-state index in [-0.39, 0.29) is 11.8 Å². The Balaban J connectivity index is 2.08. The average molecular weight is 237 g/mol. The number of rotatable bonds is 3. The van der Waals surface area contributed by atoms with Crippen molar-refractivity contribution in [1.82, 2.24) is 10.3 Å². The van der Waals surface area contributed by atoms with Crippen LogP contribution < -0.4 is 10.1 Å². The van der Waals surface area contributed by atoms with Gasteiger partial charge in [0.15, 0.2) is 0 Å². The SMILES string of the molecule is Cc1cc([N+](=O)[O-])cnc1OC1CCNCC1. The Morgan fingerprint density at radius 2 is 2.24 bits per heavy atom. The van der Waals surface area contributed by atoms with Crippen LogP contribution in [0.5, 0.6) is 5.88 Å². The van der Waals surface area contributed by atoms with Crippen LogP contribution >= 0.6 is 0 Å². The zero-order valence-corrected chi connectivity index (χ0v) is 9.68. The Bertz CT molecular complexity index is 416. The number of pyridine rings is 1. The predicted molar refractivity (Wildman–Crippen MR) is 62.1 cm³/mol. The monoisotopic (exact) mass is 237 g/mol. The number of nitrogens with zero attached hydrogens (tertiary/aromatic N) is 2. The zero-order chi connectivity index (χ0) is 12.3. The van der Waals surface area contributed by atoms with E-state index in [1.54, 1.807) is 6.92 Å². The van der Waals surface area contributed by atoms with E-state index in [1.165, 1.54) is 12.3 Å². The first-order valence-corrected chi connectivity index (χ1v) is 5.65. The third-order valence-corrected chi connectivity index (χ3v) is 2.79. The number of aromatic nitrogens is 1. The van der Waals surface area contributed by atoms with Gasteiger partial charge in [0.1, 0.15) is 12.3 Å². The molecule has 1 N–H and O–H groups in total. The molecule has 1 aliphatic heterocycles. The minimum Gasteiger partial charge on any atom is -0.474 e. The smallest absolute Gasteiger partial charge is 0.288 e. The van der Waals surface area contributed by atoms with Crippen molar-refractivity contribution < 1.29 is 9.66 Å². The fraction of sp³-hybridized carbons (Fsp3) is 0.545. The fourth-order valence-electron chi connectivity index (χ4n) is 1.84. The van der Waals surface area contributed by atoms with E-state index in [1.807, 2.05) is 0 Å². The fourth-order valence-corrected chi connectivity index (χ4v) is 1.84. The highest BCUT2D eigenvalue weighted by molar-refractivity contribution is 5.36. The molecule has 0 spiro atoms. The Kier molecular flexibility index (Phi) is 3.53. The number of hydrogen-bond donors (Lipinski definition) is 1. The van der Waals surface area contributed by atoms with Gasteiger partial charge in [0.25, 0.3) is 5.69 Å². The highest BCUT2D eigenvalue weighted by atomic mass is 16.6. The maximum atomic E-state index is 10.6. The lowest BCUT2D eigenvalue weighted by Crippen LogP contribution is -2.34. The quantitative estimate of drug-likeness (QED) is 0.635. The van der Waals surface area contributed by atoms with E-state index >= 15 is 0 Å². The number of ether oxygens (including phenoxy) is 1. The third kappa shape index (κ3) is 2.91. The standard InChI is InChI=1S/C11H15N3O3/c1-8-6-9(14(15)16)7-13-11(8)17-10-2-4-12-5-3-10/h6-7,10,12H,2-5H2,1H3. The molecule has 1 aromatic rings. The first-order chi connectivity index (χ1) is 8.16. The molecule has 1 aliphatic rings. The molecule has 1 saturated heterocycles. The minimum absolute atomic E-state index is 0.000149. The minimum atomic E-state index is -0.450. The number of nitro groups is 1. The summed E-state index contributed by atoms with van der Waals surface area (Å²) >= 11 is 0. The van der Waals surface area contributed by atoms with Crippen LogP contribution in [0, 0.1) is 17.0 Å². The largest absolute Gasteiger partial charge is 0.474 e. The summed E-state index contributed by atoms with van der Waals surface area (Å²) in [5, 5.41) is 13.8. The van der Waals surface area contributed by atoms with Gasteiger partial charge in [-0.1, -0.05) is 0 Å². The summed E-state index contributed by atoms with van der Waals surface area (Å²) in [5.41, 5.74) is 0.706. The number of hydrogen-bond acceptors (Lipinski definition) is 5. The van der Waals surface area contributed by atoms with Crippen LogP contribution in [-0.2, 0) is 0 Å². The summed E-state index contributed by atoms with van der Waals surface area (Å²) in [6.45, 7) is 3.66. The van der Waals surface area contributed by atoms with Gasteiger partial charge in [-0.05, 0) is 32.9 Å². The first-order valence-electron chi connectivity index (χ1n) is 5.65. The van der Waals surface area contributed by atoms with Crippen molar-refractivity contribution in [2.45, 2.75) is 25.9 Å². The van der Waals surface area contributed by atoms with Gasteiger partial charge in [0, 0.05) is 11.6 Å². The summed E-state index contributed by atoms with van der Waals surface area (Å²) in [7, 11) is 0. The molecule has 0 unspecified atom stereocenters. The van der Waals surface area contributed by atoms with Crippen molar-refractivity contribution in [2.75, 3.05) is 13.1 Å². The Morgan fingerprint density at radius 1 is 1.53 bits per heavy atom. The number of piperidine rings is 1. The molecule has 0 atom stereocenters. The molecular formula is C11H15N3O3. The van der Waals surface area contributed by atoms with Gasteiger partial charge in [-0.15, -0.1) is 0 Å². The maximum absolute atomic E-state index is 10.6. The lowest BCUT2D eigenvalue weighted by Gasteiger charge is -2.23. The van der Waals surface area contributed by atoms with E-state index in [2.05, 4.69) is 10.3 Å². The summed E-state index contributed by atoms with van der Waals surface area (Å²) in [6, 6.07) is 1.49. The third-order valence-electron chi connectivity index (χ3n) is 2.79. The van der Waals surface area contributed by atoms with Crippen LogP contribution in [0.15, 0.2) is 12.3 Å². The molecule has 0 saturated carbocycles. The highest BCUT2D eigenvalue weighted by Crippen LogP contribution is 2.22. The molecule has 0 aromatic carbocycles. The molecule has 0 amide bonds. The topological polar surface area (TPSA) is 77.3 Å². The molecule has 6 nitrogen and oxygen atoms in total. The highest BCUT2D eigenvalue weighted by Gasteiger charge is 2.17. The van der Waals surface area contributed by atoms with Crippen LogP contribution in [0.1, 0.15) is 18.4 Å². The predicted octanol–water partition coefficient (Wildman–Crippen LogP) is 1.43. The molecule has 0 bridgehead atoms. The van der Waals surface area contributed by atoms with Crippen molar-refractivity contribution in [3.8, 4) is 5.88 Å². The Hall–Kier alpha value is -1.69. The van der Waals surface area contributed by atoms with E-state index in [0.29, 0.717) is 11.4 Å². The molecular weight excluding hydrogens is 222 g/mol. The molecule has 1 aromatic heterocycles.